The maximum absolute atomic E-state index is 4.30. The van der Waals surface area contributed by atoms with Gasteiger partial charge in [0.2, 0.25) is 0 Å². The molecule has 0 bridgehead atoms. The van der Waals surface area contributed by atoms with Crippen molar-refractivity contribution in [3.63, 3.8) is 0 Å². The van der Waals surface area contributed by atoms with Gasteiger partial charge in [-0.2, -0.15) is 0 Å². The van der Waals surface area contributed by atoms with E-state index in [-0.39, 0.29) is 0 Å². The second-order valence-electron chi connectivity index (χ2n) is 2.33. The van der Waals surface area contributed by atoms with Crippen molar-refractivity contribution in [1.82, 2.24) is 0 Å². The van der Waals surface area contributed by atoms with Gasteiger partial charge in [-0.1, -0.05) is 6.08 Å². The molecule has 0 atom stereocenters. The summed E-state index contributed by atoms with van der Waals surface area (Å²) in [4.78, 5) is 8.21. The lowest BCUT2D eigenvalue weighted by Crippen LogP contribution is -2.07. The second-order valence-corrected chi connectivity index (χ2v) is 2.33. The molecule has 1 heterocycles. The zero-order valence-electron chi connectivity index (χ0n) is 6.46. The van der Waals surface area contributed by atoms with E-state index < -0.39 is 0 Å². The Morgan fingerprint density at radius 2 is 2.50 bits per heavy atom. The molecule has 2 nitrogen and oxygen atoms in total. The van der Waals surface area contributed by atoms with Crippen molar-refractivity contribution in [3.05, 3.63) is 11.6 Å². The minimum Gasteiger partial charge on any atom is -0.294 e. The number of rotatable bonds is 1. The van der Waals surface area contributed by atoms with E-state index in [9.17, 15) is 0 Å². The molecule has 1 rings (SSSR count). The van der Waals surface area contributed by atoms with E-state index >= 15 is 0 Å². The third kappa shape index (κ3) is 1.53. The van der Waals surface area contributed by atoms with E-state index in [1.165, 1.54) is 5.57 Å². The highest BCUT2D eigenvalue weighted by Gasteiger charge is 2.01. The Labute approximate surface area is 61.4 Å². The molecule has 0 spiro atoms. The van der Waals surface area contributed by atoms with Crippen LogP contribution in [0.15, 0.2) is 21.6 Å². The fraction of sp³-hybridized carbons (Fsp3) is 0.500. The molecule has 0 unspecified atom stereocenters. The average molecular weight is 136 g/mol. The second kappa shape index (κ2) is 3.30. The monoisotopic (exact) mass is 136 g/mol. The van der Waals surface area contributed by atoms with Gasteiger partial charge in [-0.05, 0) is 18.9 Å². The largest absolute Gasteiger partial charge is 0.294 e. The zero-order valence-corrected chi connectivity index (χ0v) is 6.46. The van der Waals surface area contributed by atoms with Crippen LogP contribution in [-0.2, 0) is 0 Å². The highest BCUT2D eigenvalue weighted by atomic mass is 14.8. The van der Waals surface area contributed by atoms with E-state index in [2.05, 4.69) is 23.0 Å². The SMILES string of the molecule is CN=CC1=NCCC=C1C. The summed E-state index contributed by atoms with van der Waals surface area (Å²) in [5.41, 5.74) is 2.28. The van der Waals surface area contributed by atoms with Gasteiger partial charge in [0.05, 0.1) is 5.71 Å². The maximum atomic E-state index is 4.30. The lowest BCUT2D eigenvalue weighted by Gasteiger charge is -2.05. The highest BCUT2D eigenvalue weighted by molar-refractivity contribution is 6.38. The van der Waals surface area contributed by atoms with Crippen LogP contribution in [0.4, 0.5) is 0 Å². The molecule has 1 aliphatic heterocycles. The van der Waals surface area contributed by atoms with Gasteiger partial charge in [0.25, 0.3) is 0 Å². The predicted octanol–water partition coefficient (Wildman–Crippen LogP) is 1.48. The molecule has 0 aromatic heterocycles. The van der Waals surface area contributed by atoms with Gasteiger partial charge in [-0.3, -0.25) is 9.98 Å². The Morgan fingerprint density at radius 1 is 1.70 bits per heavy atom. The van der Waals surface area contributed by atoms with Crippen LogP contribution in [0, 0.1) is 0 Å². The standard InChI is InChI=1S/C8H12N2/c1-7-4-3-5-10-8(7)6-9-2/h4,6H,3,5H2,1-2H3. The van der Waals surface area contributed by atoms with Crippen LogP contribution in [-0.4, -0.2) is 25.5 Å². The number of allylic oxidation sites excluding steroid dienone is 1. The van der Waals surface area contributed by atoms with Crippen LogP contribution in [0.3, 0.4) is 0 Å². The first kappa shape index (κ1) is 7.19. The van der Waals surface area contributed by atoms with Gasteiger partial charge in [0.15, 0.2) is 0 Å². The summed E-state index contributed by atoms with van der Waals surface area (Å²) in [5.74, 6) is 0. The van der Waals surface area contributed by atoms with E-state index in [4.69, 9.17) is 0 Å². The van der Waals surface area contributed by atoms with E-state index in [1.807, 2.05) is 6.21 Å². The van der Waals surface area contributed by atoms with Crippen molar-refractivity contribution in [3.8, 4) is 0 Å². The van der Waals surface area contributed by atoms with Crippen LogP contribution in [0.2, 0.25) is 0 Å². The lowest BCUT2D eigenvalue weighted by molar-refractivity contribution is 0.984. The summed E-state index contributed by atoms with van der Waals surface area (Å²) in [6.45, 7) is 2.98. The Bertz CT molecular complexity index is 199. The van der Waals surface area contributed by atoms with Crippen molar-refractivity contribution in [2.45, 2.75) is 13.3 Å². The minimum absolute atomic E-state index is 0.915. The number of hydrogen-bond acceptors (Lipinski definition) is 2. The summed E-state index contributed by atoms with van der Waals surface area (Å²) in [6, 6.07) is 0. The first-order valence-electron chi connectivity index (χ1n) is 3.48. The predicted molar refractivity (Wildman–Crippen MR) is 45.1 cm³/mol. The normalized spacial score (nSPS) is 19.0. The fourth-order valence-electron chi connectivity index (χ4n) is 0.960. The molecule has 1 aliphatic rings. The topological polar surface area (TPSA) is 24.7 Å². The Balaban J connectivity index is 2.74. The molecule has 10 heavy (non-hydrogen) atoms. The molecule has 0 aromatic rings. The summed E-state index contributed by atoms with van der Waals surface area (Å²) < 4.78 is 0. The molecular weight excluding hydrogens is 124 g/mol. The smallest absolute Gasteiger partial charge is 0.0778 e. The summed E-state index contributed by atoms with van der Waals surface area (Å²) in [7, 11) is 1.77. The summed E-state index contributed by atoms with van der Waals surface area (Å²) in [5, 5.41) is 0. The van der Waals surface area contributed by atoms with Crippen molar-refractivity contribution in [2.75, 3.05) is 13.6 Å². The maximum Gasteiger partial charge on any atom is 0.0778 e. The molecule has 0 fully saturated rings. The number of hydrogen-bond donors (Lipinski definition) is 0. The molecule has 0 radical (unpaired) electrons. The first-order valence-corrected chi connectivity index (χ1v) is 3.48. The van der Waals surface area contributed by atoms with E-state index in [0.717, 1.165) is 18.7 Å². The Morgan fingerprint density at radius 3 is 3.10 bits per heavy atom. The number of nitrogens with zero attached hydrogens (tertiary/aromatic N) is 2. The van der Waals surface area contributed by atoms with Gasteiger partial charge in [0.1, 0.15) is 0 Å². The molecule has 54 valence electrons. The average Bonchev–Trinajstić information content (AvgIpc) is 1.94. The third-order valence-electron chi connectivity index (χ3n) is 1.52. The van der Waals surface area contributed by atoms with Crippen LogP contribution in [0.5, 0.6) is 0 Å². The van der Waals surface area contributed by atoms with Crippen molar-refractivity contribution < 1.29 is 0 Å². The van der Waals surface area contributed by atoms with Crippen molar-refractivity contribution >= 4 is 11.9 Å². The molecule has 0 aromatic carbocycles. The van der Waals surface area contributed by atoms with Crippen molar-refractivity contribution in [1.29, 1.82) is 0 Å². The molecule has 0 aliphatic carbocycles. The number of dihydropyridines is 1. The molecule has 0 amide bonds. The summed E-state index contributed by atoms with van der Waals surface area (Å²) >= 11 is 0. The Kier molecular flexibility index (Phi) is 2.37. The quantitative estimate of drug-likeness (QED) is 0.488. The zero-order chi connectivity index (χ0) is 7.40. The van der Waals surface area contributed by atoms with Crippen LogP contribution in [0.1, 0.15) is 13.3 Å². The highest BCUT2D eigenvalue weighted by Crippen LogP contribution is 2.04. The molecule has 0 saturated carbocycles. The minimum atomic E-state index is 0.915. The first-order chi connectivity index (χ1) is 4.84. The fourth-order valence-corrected chi connectivity index (χ4v) is 0.960. The van der Waals surface area contributed by atoms with Gasteiger partial charge in [-0.15, -0.1) is 0 Å². The summed E-state index contributed by atoms with van der Waals surface area (Å²) in [6.07, 6.45) is 5.09. The van der Waals surface area contributed by atoms with Gasteiger partial charge in [0, 0.05) is 19.8 Å². The number of aliphatic imine (C=N–C) groups is 2. The third-order valence-corrected chi connectivity index (χ3v) is 1.52. The van der Waals surface area contributed by atoms with Gasteiger partial charge in [-0.25, -0.2) is 0 Å². The molecular formula is C8H12N2. The van der Waals surface area contributed by atoms with Crippen LogP contribution in [0.25, 0.3) is 0 Å². The molecule has 0 saturated heterocycles. The van der Waals surface area contributed by atoms with E-state index in [1.54, 1.807) is 7.05 Å². The van der Waals surface area contributed by atoms with Gasteiger partial charge < -0.3 is 0 Å². The Hall–Kier alpha value is -0.920. The van der Waals surface area contributed by atoms with Gasteiger partial charge >= 0.3 is 0 Å². The van der Waals surface area contributed by atoms with Crippen LogP contribution >= 0.6 is 0 Å². The lowest BCUT2D eigenvalue weighted by atomic mass is 10.1. The van der Waals surface area contributed by atoms with Crippen LogP contribution < -0.4 is 0 Å². The molecule has 0 N–H and O–H groups in total. The van der Waals surface area contributed by atoms with Crippen molar-refractivity contribution in [2.24, 2.45) is 9.98 Å². The molecule has 2 heteroatoms. The van der Waals surface area contributed by atoms with E-state index in [0.29, 0.717) is 0 Å².